The molecule has 4 heterocycles. The molecular weight excluding hydrogens is 588 g/mol. The molecule has 0 spiro atoms. The SMILES string of the molecule is O=c1c2ccc(-c3cccc(-c4ccc5c(=O)n6c7ccccc7c7cccc(c5c4)c76)c3)cc2c2cccc3c4ccccc4n1c23. The predicted molar refractivity (Wildman–Crippen MR) is 199 cm³/mol. The van der Waals surface area contributed by atoms with Gasteiger partial charge in [0.25, 0.3) is 11.1 Å². The lowest BCUT2D eigenvalue weighted by molar-refractivity contribution is 1.21. The van der Waals surface area contributed by atoms with Crippen LogP contribution in [0.5, 0.6) is 0 Å². The zero-order valence-corrected chi connectivity index (χ0v) is 25.6. The van der Waals surface area contributed by atoms with Crippen molar-refractivity contribution in [2.45, 2.75) is 0 Å². The van der Waals surface area contributed by atoms with Gasteiger partial charge in [0.15, 0.2) is 0 Å². The van der Waals surface area contributed by atoms with E-state index < -0.39 is 0 Å². The minimum absolute atomic E-state index is 0.00728. The number of fused-ring (bicyclic) bond motifs is 10. The quantitative estimate of drug-likeness (QED) is 0.182. The van der Waals surface area contributed by atoms with E-state index in [0.717, 1.165) is 87.4 Å². The molecule has 0 saturated heterocycles. The van der Waals surface area contributed by atoms with Gasteiger partial charge < -0.3 is 0 Å². The van der Waals surface area contributed by atoms with Gasteiger partial charge in [-0.2, -0.15) is 0 Å². The number of rotatable bonds is 2. The summed E-state index contributed by atoms with van der Waals surface area (Å²) in [6, 6.07) is 49.8. The van der Waals surface area contributed by atoms with Crippen LogP contribution in [0.3, 0.4) is 0 Å². The third-order valence-electron chi connectivity index (χ3n) is 10.4. The fourth-order valence-corrected chi connectivity index (χ4v) is 8.28. The Morgan fingerprint density at radius 1 is 0.292 bits per heavy atom. The van der Waals surface area contributed by atoms with Gasteiger partial charge in [0.2, 0.25) is 0 Å². The Morgan fingerprint density at radius 3 is 1.15 bits per heavy atom. The normalized spacial score (nSPS) is 12.3. The molecule has 0 bridgehead atoms. The van der Waals surface area contributed by atoms with Crippen LogP contribution in [0.15, 0.2) is 155 Å². The molecule has 0 unspecified atom stereocenters. The van der Waals surface area contributed by atoms with Crippen molar-refractivity contribution < 1.29 is 0 Å². The maximum atomic E-state index is 13.9. The summed E-state index contributed by atoms with van der Waals surface area (Å²) in [4.78, 5) is 27.9. The molecule has 0 fully saturated rings. The number of benzene rings is 7. The lowest BCUT2D eigenvalue weighted by atomic mass is 9.95. The first-order valence-corrected chi connectivity index (χ1v) is 16.2. The fourth-order valence-electron chi connectivity index (χ4n) is 8.28. The van der Waals surface area contributed by atoms with E-state index in [1.807, 2.05) is 57.3 Å². The van der Waals surface area contributed by atoms with E-state index in [2.05, 4.69) is 97.1 Å². The summed E-state index contributed by atoms with van der Waals surface area (Å²) in [5.41, 5.74) is 8.07. The van der Waals surface area contributed by atoms with E-state index in [1.165, 1.54) is 0 Å². The average Bonchev–Trinajstić information content (AvgIpc) is 3.67. The molecule has 4 heteroatoms. The molecule has 0 aliphatic rings. The molecule has 4 aromatic heterocycles. The molecule has 11 aromatic rings. The van der Waals surface area contributed by atoms with Gasteiger partial charge in [-0.3, -0.25) is 18.4 Å². The van der Waals surface area contributed by atoms with E-state index in [4.69, 9.17) is 0 Å². The lowest BCUT2D eigenvalue weighted by Crippen LogP contribution is -2.12. The topological polar surface area (TPSA) is 43.0 Å². The van der Waals surface area contributed by atoms with Crippen LogP contribution in [-0.2, 0) is 0 Å². The Bertz CT molecular complexity index is 3060. The standard InChI is InChI=1S/C44H24N2O2/c47-43-35-20-18-27(23-37(35)33-14-6-12-31-29-10-1-3-16-39(29)45(43)41(31)33)25-8-5-9-26(22-25)28-19-21-36-38(24-28)34-15-7-13-32-30-11-2-4-17-40(30)46(42(32)34)44(36)48/h1-24H. The summed E-state index contributed by atoms with van der Waals surface area (Å²) in [6.45, 7) is 0. The first-order chi connectivity index (χ1) is 23.7. The summed E-state index contributed by atoms with van der Waals surface area (Å²) in [6.07, 6.45) is 0. The van der Waals surface area contributed by atoms with E-state index in [-0.39, 0.29) is 11.1 Å². The maximum absolute atomic E-state index is 13.9. The molecule has 222 valence electrons. The summed E-state index contributed by atoms with van der Waals surface area (Å²) >= 11 is 0. The van der Waals surface area contributed by atoms with Crippen molar-refractivity contribution in [2.75, 3.05) is 0 Å². The minimum atomic E-state index is 0.00728. The van der Waals surface area contributed by atoms with E-state index in [9.17, 15) is 9.59 Å². The molecule has 4 nitrogen and oxygen atoms in total. The zero-order chi connectivity index (χ0) is 31.7. The fraction of sp³-hybridized carbons (Fsp3) is 0. The number of hydrogen-bond acceptors (Lipinski definition) is 2. The second kappa shape index (κ2) is 9.05. The number of nitrogens with zero attached hydrogens (tertiary/aromatic N) is 2. The van der Waals surface area contributed by atoms with Crippen LogP contribution in [0.4, 0.5) is 0 Å². The van der Waals surface area contributed by atoms with Gasteiger partial charge in [-0.1, -0.05) is 103 Å². The zero-order valence-electron chi connectivity index (χ0n) is 25.6. The average molecular weight is 613 g/mol. The van der Waals surface area contributed by atoms with Crippen LogP contribution in [0.1, 0.15) is 0 Å². The lowest BCUT2D eigenvalue weighted by Gasteiger charge is -2.11. The number of pyridine rings is 2. The van der Waals surface area contributed by atoms with Gasteiger partial charge in [-0.05, 0) is 75.5 Å². The maximum Gasteiger partial charge on any atom is 0.263 e. The largest absolute Gasteiger partial charge is 0.275 e. The van der Waals surface area contributed by atoms with Crippen molar-refractivity contribution in [1.29, 1.82) is 0 Å². The van der Waals surface area contributed by atoms with Crippen molar-refractivity contribution in [3.8, 4) is 22.3 Å². The second-order valence-electron chi connectivity index (χ2n) is 12.8. The van der Waals surface area contributed by atoms with E-state index in [0.29, 0.717) is 10.8 Å². The third kappa shape index (κ3) is 3.18. The minimum Gasteiger partial charge on any atom is -0.275 e. The molecule has 48 heavy (non-hydrogen) atoms. The molecule has 0 saturated carbocycles. The molecular formula is C44H24N2O2. The van der Waals surface area contributed by atoms with Crippen LogP contribution in [0, 0.1) is 0 Å². The smallest absolute Gasteiger partial charge is 0.263 e. The van der Waals surface area contributed by atoms with Crippen LogP contribution in [0.2, 0.25) is 0 Å². The highest BCUT2D eigenvalue weighted by Crippen LogP contribution is 2.38. The van der Waals surface area contributed by atoms with E-state index in [1.54, 1.807) is 0 Å². The summed E-state index contributed by atoms with van der Waals surface area (Å²) in [5, 5.41) is 9.85. The molecule has 0 aliphatic heterocycles. The van der Waals surface area contributed by atoms with Gasteiger partial charge in [-0.15, -0.1) is 0 Å². The molecule has 0 radical (unpaired) electrons. The van der Waals surface area contributed by atoms with E-state index >= 15 is 0 Å². The van der Waals surface area contributed by atoms with Gasteiger partial charge in [0.1, 0.15) is 0 Å². The van der Waals surface area contributed by atoms with Crippen molar-refractivity contribution >= 4 is 75.9 Å². The highest BCUT2D eigenvalue weighted by Gasteiger charge is 2.19. The first-order valence-electron chi connectivity index (χ1n) is 16.2. The molecule has 0 atom stereocenters. The van der Waals surface area contributed by atoms with Crippen molar-refractivity contribution in [1.82, 2.24) is 8.80 Å². The summed E-state index contributed by atoms with van der Waals surface area (Å²) in [7, 11) is 0. The van der Waals surface area contributed by atoms with Gasteiger partial charge in [0, 0.05) is 43.1 Å². The van der Waals surface area contributed by atoms with Crippen molar-refractivity contribution in [3.63, 3.8) is 0 Å². The van der Waals surface area contributed by atoms with Crippen LogP contribution >= 0.6 is 0 Å². The highest BCUT2D eigenvalue weighted by molar-refractivity contribution is 6.21. The van der Waals surface area contributed by atoms with Gasteiger partial charge >= 0.3 is 0 Å². The summed E-state index contributed by atoms with van der Waals surface area (Å²) in [5.74, 6) is 0. The summed E-state index contributed by atoms with van der Waals surface area (Å²) < 4.78 is 3.76. The molecule has 0 N–H and O–H groups in total. The van der Waals surface area contributed by atoms with Crippen LogP contribution in [-0.4, -0.2) is 8.80 Å². The van der Waals surface area contributed by atoms with Gasteiger partial charge in [-0.25, -0.2) is 0 Å². The molecule has 0 amide bonds. The van der Waals surface area contributed by atoms with Crippen molar-refractivity contribution in [3.05, 3.63) is 166 Å². The number of aromatic nitrogens is 2. The molecule has 0 aliphatic carbocycles. The monoisotopic (exact) mass is 612 g/mol. The Kier molecular flexibility index (Phi) is 4.84. The third-order valence-corrected chi connectivity index (χ3v) is 10.4. The number of para-hydroxylation sites is 4. The molecule has 7 aromatic carbocycles. The Balaban J connectivity index is 1.11. The first kappa shape index (κ1) is 25.6. The predicted octanol–water partition coefficient (Wildman–Crippen LogP) is 10.0. The van der Waals surface area contributed by atoms with Crippen LogP contribution in [0.25, 0.3) is 98.2 Å². The van der Waals surface area contributed by atoms with Gasteiger partial charge in [0.05, 0.1) is 22.1 Å². The Hall–Kier alpha value is -6.52. The van der Waals surface area contributed by atoms with Crippen molar-refractivity contribution in [2.24, 2.45) is 0 Å². The highest BCUT2D eigenvalue weighted by atomic mass is 16.1. The Morgan fingerprint density at radius 2 is 0.667 bits per heavy atom. The Labute approximate surface area is 272 Å². The molecule has 11 rings (SSSR count). The van der Waals surface area contributed by atoms with Crippen LogP contribution < -0.4 is 11.1 Å². The number of hydrogen-bond donors (Lipinski definition) is 0. The second-order valence-corrected chi connectivity index (χ2v) is 12.8.